The van der Waals surface area contributed by atoms with Crippen LogP contribution in [0.3, 0.4) is 0 Å². The van der Waals surface area contributed by atoms with Crippen molar-refractivity contribution in [2.24, 2.45) is 0 Å². The Balaban J connectivity index is 2.09. The maximum Gasteiger partial charge on any atom is 0.243 e. The van der Waals surface area contributed by atoms with Crippen molar-refractivity contribution in [3.05, 3.63) is 28.2 Å². The van der Waals surface area contributed by atoms with Crippen LogP contribution in [0, 0.1) is 0 Å². The Hall–Kier alpha value is -1.63. The zero-order valence-corrected chi connectivity index (χ0v) is 13.2. The van der Waals surface area contributed by atoms with Crippen molar-refractivity contribution in [3.63, 3.8) is 0 Å². The highest BCUT2D eigenvalue weighted by Crippen LogP contribution is 2.24. The number of aromatic nitrogens is 4. The van der Waals surface area contributed by atoms with Gasteiger partial charge in [0.2, 0.25) is 5.95 Å². The van der Waals surface area contributed by atoms with E-state index in [4.69, 9.17) is 4.74 Å². The summed E-state index contributed by atoms with van der Waals surface area (Å²) in [6.45, 7) is 6.13. The Morgan fingerprint density at radius 3 is 2.95 bits per heavy atom. The van der Waals surface area contributed by atoms with Crippen LogP contribution in [0.5, 0.6) is 5.75 Å². The van der Waals surface area contributed by atoms with Gasteiger partial charge in [-0.2, -0.15) is 0 Å². The van der Waals surface area contributed by atoms with Crippen molar-refractivity contribution < 1.29 is 4.74 Å². The number of nitrogens with one attached hydrogen (secondary N) is 1. The third kappa shape index (κ3) is 3.69. The van der Waals surface area contributed by atoms with Gasteiger partial charge in [-0.15, -0.1) is 0 Å². The number of rotatable bonds is 7. The van der Waals surface area contributed by atoms with Crippen LogP contribution in [-0.4, -0.2) is 26.8 Å². The van der Waals surface area contributed by atoms with Gasteiger partial charge in [-0.3, -0.25) is 0 Å². The molecule has 0 atom stereocenters. The Bertz CT molecular complexity index is 557. The minimum atomic E-state index is 0.610. The summed E-state index contributed by atoms with van der Waals surface area (Å²) in [7, 11) is 0. The summed E-state index contributed by atoms with van der Waals surface area (Å²) in [6, 6.07) is 5.99. The van der Waals surface area contributed by atoms with E-state index in [2.05, 4.69) is 43.7 Å². The normalized spacial score (nSPS) is 10.6. The molecule has 0 amide bonds. The van der Waals surface area contributed by atoms with Crippen LogP contribution >= 0.6 is 15.9 Å². The van der Waals surface area contributed by atoms with Crippen molar-refractivity contribution in [2.45, 2.75) is 33.4 Å². The molecule has 0 unspecified atom stereocenters. The average Bonchev–Trinajstić information content (AvgIpc) is 2.91. The largest absolute Gasteiger partial charge is 0.493 e. The molecule has 0 spiro atoms. The topological polar surface area (TPSA) is 64.9 Å². The lowest BCUT2D eigenvalue weighted by atomic mass is 10.2. The molecule has 1 aromatic heterocycles. The standard InChI is InChI=1S/C13H18BrN5O/c1-3-7-20-12-6-5-11(14)8-10(12)9-15-13-16-17-18-19(13)4-2/h5-6,8H,3-4,7,9H2,1-2H3,(H,15,16,18). The van der Waals surface area contributed by atoms with E-state index in [0.717, 1.165) is 28.8 Å². The number of tetrazole rings is 1. The maximum absolute atomic E-state index is 5.75. The number of halogens is 1. The van der Waals surface area contributed by atoms with E-state index < -0.39 is 0 Å². The fraction of sp³-hybridized carbons (Fsp3) is 0.462. The molecule has 7 heteroatoms. The van der Waals surface area contributed by atoms with Crippen LogP contribution < -0.4 is 10.1 Å². The Morgan fingerprint density at radius 2 is 2.20 bits per heavy atom. The zero-order valence-electron chi connectivity index (χ0n) is 11.6. The molecule has 1 heterocycles. The number of ether oxygens (including phenoxy) is 1. The van der Waals surface area contributed by atoms with Crippen molar-refractivity contribution in [1.82, 2.24) is 20.2 Å². The predicted octanol–water partition coefficient (Wildman–Crippen LogP) is 2.86. The molecule has 0 saturated carbocycles. The second-order valence-corrected chi connectivity index (χ2v) is 5.19. The molecule has 6 nitrogen and oxygen atoms in total. The molecular weight excluding hydrogens is 322 g/mol. The van der Waals surface area contributed by atoms with Crippen molar-refractivity contribution in [1.29, 1.82) is 0 Å². The fourth-order valence-corrected chi connectivity index (χ4v) is 2.17. The first kappa shape index (κ1) is 14.8. The molecule has 0 saturated heterocycles. The molecule has 0 bridgehead atoms. The van der Waals surface area contributed by atoms with Gasteiger partial charge in [0.15, 0.2) is 0 Å². The second-order valence-electron chi connectivity index (χ2n) is 4.27. The zero-order chi connectivity index (χ0) is 14.4. The summed E-state index contributed by atoms with van der Waals surface area (Å²) in [5.41, 5.74) is 1.07. The number of hydrogen-bond acceptors (Lipinski definition) is 5. The molecule has 0 fully saturated rings. The lowest BCUT2D eigenvalue weighted by Gasteiger charge is -2.12. The van der Waals surface area contributed by atoms with Gasteiger partial charge in [0.05, 0.1) is 6.61 Å². The summed E-state index contributed by atoms with van der Waals surface area (Å²) in [4.78, 5) is 0. The van der Waals surface area contributed by atoms with Crippen molar-refractivity contribution in [2.75, 3.05) is 11.9 Å². The van der Waals surface area contributed by atoms with Crippen LogP contribution in [0.15, 0.2) is 22.7 Å². The van der Waals surface area contributed by atoms with Gasteiger partial charge < -0.3 is 10.1 Å². The van der Waals surface area contributed by atoms with Gasteiger partial charge in [-0.05, 0) is 42.0 Å². The number of benzene rings is 1. The average molecular weight is 340 g/mol. The van der Waals surface area contributed by atoms with E-state index in [-0.39, 0.29) is 0 Å². The van der Waals surface area contributed by atoms with Gasteiger partial charge in [0, 0.05) is 23.1 Å². The molecule has 0 aliphatic carbocycles. The third-order valence-electron chi connectivity index (χ3n) is 2.75. The third-order valence-corrected chi connectivity index (χ3v) is 3.25. The molecule has 2 rings (SSSR count). The van der Waals surface area contributed by atoms with Crippen LogP contribution in [0.1, 0.15) is 25.8 Å². The fourth-order valence-electron chi connectivity index (χ4n) is 1.76. The lowest BCUT2D eigenvalue weighted by Crippen LogP contribution is -2.09. The quantitative estimate of drug-likeness (QED) is 0.840. The van der Waals surface area contributed by atoms with E-state index in [1.165, 1.54) is 0 Å². The molecule has 20 heavy (non-hydrogen) atoms. The first-order valence-corrected chi connectivity index (χ1v) is 7.45. The molecule has 0 radical (unpaired) electrons. The monoisotopic (exact) mass is 339 g/mol. The summed E-state index contributed by atoms with van der Waals surface area (Å²) in [5.74, 6) is 1.55. The highest BCUT2D eigenvalue weighted by molar-refractivity contribution is 9.10. The van der Waals surface area contributed by atoms with Crippen molar-refractivity contribution >= 4 is 21.9 Å². The Labute approximate surface area is 126 Å². The summed E-state index contributed by atoms with van der Waals surface area (Å²) < 4.78 is 8.48. The number of anilines is 1. The highest BCUT2D eigenvalue weighted by atomic mass is 79.9. The van der Waals surface area contributed by atoms with Crippen LogP contribution in [-0.2, 0) is 13.1 Å². The van der Waals surface area contributed by atoms with Gasteiger partial charge >= 0.3 is 0 Å². The molecule has 1 N–H and O–H groups in total. The van der Waals surface area contributed by atoms with Crippen molar-refractivity contribution in [3.8, 4) is 5.75 Å². The number of nitrogens with zero attached hydrogens (tertiary/aromatic N) is 4. The summed E-state index contributed by atoms with van der Waals surface area (Å²) >= 11 is 3.48. The first-order chi connectivity index (χ1) is 9.74. The maximum atomic E-state index is 5.75. The van der Waals surface area contributed by atoms with Crippen LogP contribution in [0.4, 0.5) is 5.95 Å². The van der Waals surface area contributed by atoms with Gasteiger partial charge in [-0.25, -0.2) is 4.68 Å². The first-order valence-electron chi connectivity index (χ1n) is 6.65. The van der Waals surface area contributed by atoms with E-state index in [1.54, 1.807) is 4.68 Å². The minimum Gasteiger partial charge on any atom is -0.493 e. The molecule has 2 aromatic rings. The van der Waals surface area contributed by atoms with E-state index >= 15 is 0 Å². The highest BCUT2D eigenvalue weighted by Gasteiger charge is 2.08. The minimum absolute atomic E-state index is 0.610. The van der Waals surface area contributed by atoms with E-state index in [0.29, 0.717) is 19.1 Å². The molecule has 1 aromatic carbocycles. The Kier molecular flexibility index (Phi) is 5.34. The SMILES string of the molecule is CCCOc1ccc(Br)cc1CNc1nnnn1CC. The Morgan fingerprint density at radius 1 is 1.35 bits per heavy atom. The molecule has 0 aliphatic rings. The van der Waals surface area contributed by atoms with Gasteiger partial charge in [0.25, 0.3) is 0 Å². The number of hydrogen-bond donors (Lipinski definition) is 1. The summed E-state index contributed by atoms with van der Waals surface area (Å²) in [5, 5.41) is 14.7. The smallest absolute Gasteiger partial charge is 0.243 e. The number of aryl methyl sites for hydroxylation is 1. The van der Waals surface area contributed by atoms with Crippen LogP contribution in [0.25, 0.3) is 0 Å². The molecule has 108 valence electrons. The van der Waals surface area contributed by atoms with Crippen LogP contribution in [0.2, 0.25) is 0 Å². The molecular formula is C13H18BrN5O. The van der Waals surface area contributed by atoms with Gasteiger partial charge in [0.1, 0.15) is 5.75 Å². The predicted molar refractivity (Wildman–Crippen MR) is 80.7 cm³/mol. The summed E-state index contributed by atoms with van der Waals surface area (Å²) in [6.07, 6.45) is 0.983. The second kappa shape index (κ2) is 7.23. The van der Waals surface area contributed by atoms with E-state index in [9.17, 15) is 0 Å². The molecule has 0 aliphatic heterocycles. The lowest BCUT2D eigenvalue weighted by molar-refractivity contribution is 0.314. The van der Waals surface area contributed by atoms with E-state index in [1.807, 2.05) is 25.1 Å². The van der Waals surface area contributed by atoms with Gasteiger partial charge in [-0.1, -0.05) is 28.0 Å².